The number of nitrogens with one attached hydrogen (secondary N) is 1. The standard InChI is InChI=1S/C25H29N3O4/c1-3-27(2)15-14-26-25(30)22-16-23(29)24(31-18-20-10-6-4-7-11-20)17-28(22)32-19-21-12-8-5-9-13-21/h4-13,16-17H,3,14-15,18-19H2,1-2H3,(H,26,30). The number of hydrogen-bond acceptors (Lipinski definition) is 5. The van der Waals surface area contributed by atoms with Crippen LogP contribution >= 0.6 is 0 Å². The molecule has 0 spiro atoms. The summed E-state index contributed by atoms with van der Waals surface area (Å²) in [5.74, 6) is -0.265. The van der Waals surface area contributed by atoms with E-state index in [9.17, 15) is 9.59 Å². The van der Waals surface area contributed by atoms with Crippen LogP contribution in [0.1, 0.15) is 28.5 Å². The summed E-state index contributed by atoms with van der Waals surface area (Å²) in [5, 5.41) is 2.85. The molecule has 0 aliphatic rings. The van der Waals surface area contributed by atoms with Gasteiger partial charge < -0.3 is 19.8 Å². The molecule has 0 saturated carbocycles. The van der Waals surface area contributed by atoms with Gasteiger partial charge in [0.2, 0.25) is 5.43 Å². The van der Waals surface area contributed by atoms with Gasteiger partial charge in [0.1, 0.15) is 18.9 Å². The van der Waals surface area contributed by atoms with Gasteiger partial charge in [-0.05, 0) is 24.7 Å². The summed E-state index contributed by atoms with van der Waals surface area (Å²) < 4.78 is 7.04. The van der Waals surface area contributed by atoms with Crippen molar-refractivity contribution >= 4 is 5.91 Å². The largest absolute Gasteiger partial charge is 0.483 e. The molecule has 7 nitrogen and oxygen atoms in total. The minimum Gasteiger partial charge on any atom is -0.483 e. The maximum absolute atomic E-state index is 12.8. The van der Waals surface area contributed by atoms with Crippen molar-refractivity contribution in [1.82, 2.24) is 14.9 Å². The molecular weight excluding hydrogens is 406 g/mol. The highest BCUT2D eigenvalue weighted by atomic mass is 16.7. The SMILES string of the molecule is CCN(C)CCNC(=O)c1cc(=O)c(OCc2ccccc2)cn1OCc1ccccc1. The lowest BCUT2D eigenvalue weighted by molar-refractivity contribution is 0.0734. The maximum Gasteiger partial charge on any atom is 0.271 e. The lowest BCUT2D eigenvalue weighted by atomic mass is 10.2. The Labute approximate surface area is 188 Å². The molecule has 0 atom stereocenters. The first-order chi connectivity index (χ1) is 15.6. The van der Waals surface area contributed by atoms with Crippen molar-refractivity contribution < 1.29 is 14.4 Å². The zero-order valence-corrected chi connectivity index (χ0v) is 18.5. The van der Waals surface area contributed by atoms with Gasteiger partial charge in [0.25, 0.3) is 5.91 Å². The first-order valence-electron chi connectivity index (χ1n) is 10.6. The average molecular weight is 436 g/mol. The average Bonchev–Trinajstić information content (AvgIpc) is 2.83. The quantitative estimate of drug-likeness (QED) is 0.501. The van der Waals surface area contributed by atoms with Crippen LogP contribution in [-0.4, -0.2) is 42.2 Å². The summed E-state index contributed by atoms with van der Waals surface area (Å²) in [6.45, 7) is 4.57. The Balaban J connectivity index is 1.79. The monoisotopic (exact) mass is 435 g/mol. The fourth-order valence-corrected chi connectivity index (χ4v) is 2.94. The van der Waals surface area contributed by atoms with E-state index < -0.39 is 0 Å². The van der Waals surface area contributed by atoms with E-state index in [0.717, 1.165) is 17.7 Å². The molecule has 0 saturated heterocycles. The van der Waals surface area contributed by atoms with E-state index in [1.54, 1.807) is 0 Å². The van der Waals surface area contributed by atoms with Crippen molar-refractivity contribution in [1.29, 1.82) is 0 Å². The number of carbonyl (C=O) groups is 1. The van der Waals surface area contributed by atoms with Crippen LogP contribution in [0.25, 0.3) is 0 Å². The van der Waals surface area contributed by atoms with Gasteiger partial charge in [-0.25, -0.2) is 0 Å². The Kier molecular flexibility index (Phi) is 8.45. The van der Waals surface area contributed by atoms with Gasteiger partial charge in [0.15, 0.2) is 5.75 Å². The van der Waals surface area contributed by atoms with Crippen molar-refractivity contribution in [3.8, 4) is 5.75 Å². The van der Waals surface area contributed by atoms with E-state index in [2.05, 4.69) is 10.2 Å². The maximum atomic E-state index is 12.8. The molecule has 1 amide bonds. The fourth-order valence-electron chi connectivity index (χ4n) is 2.94. The van der Waals surface area contributed by atoms with Crippen molar-refractivity contribution in [3.05, 3.63) is 100.0 Å². The summed E-state index contributed by atoms with van der Waals surface area (Å²) in [4.78, 5) is 33.4. The predicted octanol–water partition coefficient (Wildman–Crippen LogP) is 2.74. The number of likely N-dealkylation sites (N-methyl/N-ethyl adjacent to an activating group) is 1. The first kappa shape index (κ1) is 23.1. The molecular formula is C25H29N3O4. The Morgan fingerprint density at radius 3 is 2.25 bits per heavy atom. The number of hydrogen-bond donors (Lipinski definition) is 1. The summed E-state index contributed by atoms with van der Waals surface area (Å²) >= 11 is 0. The van der Waals surface area contributed by atoms with E-state index >= 15 is 0 Å². The number of aromatic nitrogens is 1. The number of amides is 1. The minimum absolute atomic E-state index is 0.115. The Bertz CT molecular complexity index is 1050. The second-order valence-corrected chi connectivity index (χ2v) is 7.40. The second-order valence-electron chi connectivity index (χ2n) is 7.40. The number of rotatable bonds is 11. The smallest absolute Gasteiger partial charge is 0.271 e. The lowest BCUT2D eigenvalue weighted by Crippen LogP contribution is -2.35. The van der Waals surface area contributed by atoms with Crippen LogP contribution in [-0.2, 0) is 13.2 Å². The van der Waals surface area contributed by atoms with Crippen molar-refractivity contribution in [3.63, 3.8) is 0 Å². The molecule has 0 fully saturated rings. The lowest BCUT2D eigenvalue weighted by Gasteiger charge is -2.17. The highest BCUT2D eigenvalue weighted by Gasteiger charge is 2.16. The number of ether oxygens (including phenoxy) is 1. The van der Waals surface area contributed by atoms with Crippen molar-refractivity contribution in [2.45, 2.75) is 20.1 Å². The summed E-state index contributed by atoms with van der Waals surface area (Å²) in [6.07, 6.45) is 1.43. The molecule has 1 aromatic heterocycles. The molecule has 7 heteroatoms. The zero-order chi connectivity index (χ0) is 22.8. The Morgan fingerprint density at radius 2 is 1.62 bits per heavy atom. The highest BCUT2D eigenvalue weighted by molar-refractivity contribution is 5.92. The molecule has 3 aromatic rings. The van der Waals surface area contributed by atoms with Gasteiger partial charge in [-0.15, -0.1) is 0 Å². The number of pyridine rings is 1. The fraction of sp³-hybridized carbons (Fsp3) is 0.280. The van der Waals surface area contributed by atoms with Crippen LogP contribution in [0.5, 0.6) is 5.75 Å². The van der Waals surface area contributed by atoms with Gasteiger partial charge in [-0.3, -0.25) is 9.59 Å². The third-order valence-corrected chi connectivity index (χ3v) is 4.98. The third-order valence-electron chi connectivity index (χ3n) is 4.98. The highest BCUT2D eigenvalue weighted by Crippen LogP contribution is 2.10. The van der Waals surface area contributed by atoms with Crippen LogP contribution in [0.4, 0.5) is 0 Å². The second kappa shape index (κ2) is 11.7. The van der Waals surface area contributed by atoms with Crippen molar-refractivity contribution in [2.75, 3.05) is 26.7 Å². The number of benzene rings is 2. The van der Waals surface area contributed by atoms with Gasteiger partial charge in [-0.1, -0.05) is 67.6 Å². The third kappa shape index (κ3) is 6.72. The molecule has 0 radical (unpaired) electrons. The van der Waals surface area contributed by atoms with Crippen LogP contribution < -0.4 is 20.3 Å². The normalized spacial score (nSPS) is 10.7. The molecule has 3 rings (SSSR count). The Hall–Kier alpha value is -3.58. The molecule has 2 aromatic carbocycles. The van der Waals surface area contributed by atoms with Crippen LogP contribution in [0, 0.1) is 0 Å². The topological polar surface area (TPSA) is 72.8 Å². The van der Waals surface area contributed by atoms with Crippen LogP contribution in [0.2, 0.25) is 0 Å². The van der Waals surface area contributed by atoms with E-state index in [4.69, 9.17) is 9.57 Å². The molecule has 0 unspecified atom stereocenters. The van der Waals surface area contributed by atoms with Gasteiger partial charge in [-0.2, -0.15) is 4.73 Å². The van der Waals surface area contributed by atoms with Gasteiger partial charge in [0.05, 0.1) is 6.20 Å². The van der Waals surface area contributed by atoms with E-state index in [0.29, 0.717) is 13.1 Å². The van der Waals surface area contributed by atoms with E-state index in [1.807, 2.05) is 74.6 Å². The van der Waals surface area contributed by atoms with Crippen molar-refractivity contribution in [2.24, 2.45) is 0 Å². The van der Waals surface area contributed by atoms with Gasteiger partial charge in [0, 0.05) is 19.2 Å². The van der Waals surface area contributed by atoms with Crippen LogP contribution in [0.3, 0.4) is 0 Å². The molecule has 0 bridgehead atoms. The molecule has 168 valence electrons. The molecule has 1 N–H and O–H groups in total. The summed E-state index contributed by atoms with van der Waals surface area (Å²) in [5.41, 5.74) is 1.62. The zero-order valence-electron chi connectivity index (χ0n) is 18.5. The van der Waals surface area contributed by atoms with Gasteiger partial charge >= 0.3 is 0 Å². The molecule has 32 heavy (non-hydrogen) atoms. The Morgan fingerprint density at radius 1 is 1.00 bits per heavy atom. The molecule has 0 aliphatic heterocycles. The first-order valence-corrected chi connectivity index (χ1v) is 10.6. The predicted molar refractivity (Wildman–Crippen MR) is 124 cm³/mol. The summed E-state index contributed by atoms with van der Waals surface area (Å²) in [7, 11) is 1.98. The molecule has 1 heterocycles. The van der Waals surface area contributed by atoms with Crippen LogP contribution in [0.15, 0.2) is 77.7 Å². The van der Waals surface area contributed by atoms with E-state index in [1.165, 1.54) is 17.0 Å². The summed E-state index contributed by atoms with van der Waals surface area (Å²) in [6, 6.07) is 20.4. The number of nitrogens with zero attached hydrogens (tertiary/aromatic N) is 2. The minimum atomic E-state index is -0.380. The number of carbonyl (C=O) groups excluding carboxylic acids is 1. The molecule has 0 aliphatic carbocycles. The van der Waals surface area contributed by atoms with E-state index in [-0.39, 0.29) is 36.0 Å².